The summed E-state index contributed by atoms with van der Waals surface area (Å²) in [5.41, 5.74) is 0. The van der Waals surface area contributed by atoms with Crippen LogP contribution in [-0.4, -0.2) is 77.5 Å². The largest absolute Gasteiger partial charge is 0.381 e. The fourth-order valence-corrected chi connectivity index (χ4v) is 4.71. The van der Waals surface area contributed by atoms with E-state index in [-0.39, 0.29) is 0 Å². The van der Waals surface area contributed by atoms with Crippen LogP contribution in [0, 0.1) is 0 Å². The number of pyridine rings is 1. The molecule has 5 rings (SSSR count). The van der Waals surface area contributed by atoms with E-state index in [4.69, 9.17) is 9.47 Å². The van der Waals surface area contributed by atoms with E-state index in [1.807, 2.05) is 18.2 Å². The number of piperazine rings is 1. The molecule has 0 spiro atoms. The number of rotatable bonds is 0. The van der Waals surface area contributed by atoms with Crippen LogP contribution in [0.3, 0.4) is 0 Å². The molecule has 0 unspecified atom stereocenters. The maximum atomic E-state index is 10.7. The molecule has 32 heavy (non-hydrogen) atoms. The molecule has 0 bridgehead atoms. The van der Waals surface area contributed by atoms with Gasteiger partial charge in [0.2, 0.25) is 0 Å². The van der Waals surface area contributed by atoms with Gasteiger partial charge in [-0.05, 0) is 63.5 Å². The molecule has 0 saturated carbocycles. The Labute approximate surface area is 196 Å². The van der Waals surface area contributed by atoms with Crippen LogP contribution in [-0.2, 0) is 19.3 Å². The van der Waals surface area contributed by atoms with Crippen LogP contribution in [0.4, 0.5) is 0 Å². The van der Waals surface area contributed by atoms with Gasteiger partial charge in [-0.3, -0.25) is 4.98 Å². The second-order valence-corrected chi connectivity index (χ2v) is 10.4. The minimum Gasteiger partial charge on any atom is -0.381 e. The number of aromatic nitrogens is 1. The zero-order chi connectivity index (χ0) is 23.0. The van der Waals surface area contributed by atoms with E-state index in [1.54, 1.807) is 12.4 Å². The number of hydrogen-bond donors (Lipinski definition) is 2. The third-order valence-corrected chi connectivity index (χ3v) is 6.91. The number of hydrogen-bond acceptors (Lipinski definition) is 7. The van der Waals surface area contributed by atoms with Crippen molar-refractivity contribution in [2.75, 3.05) is 64.1 Å². The van der Waals surface area contributed by atoms with Gasteiger partial charge in [0.05, 0.1) is 11.5 Å². The van der Waals surface area contributed by atoms with E-state index in [1.165, 1.54) is 38.5 Å². The first kappa shape index (κ1) is 29.0. The predicted octanol–water partition coefficient (Wildman–Crippen LogP) is 3.22. The quantitative estimate of drug-likeness (QED) is 0.600. The summed E-state index contributed by atoms with van der Waals surface area (Å²) in [5, 5.41) is 6.44. The Bertz CT molecular complexity index is 489. The highest BCUT2D eigenvalue weighted by atomic mass is 32.2. The summed E-state index contributed by atoms with van der Waals surface area (Å²) in [6.45, 7) is 8.56. The molecule has 1 aromatic heterocycles. The van der Waals surface area contributed by atoms with E-state index in [2.05, 4.69) is 15.6 Å². The van der Waals surface area contributed by atoms with E-state index >= 15 is 0 Å². The van der Waals surface area contributed by atoms with Crippen LogP contribution >= 0.6 is 0 Å². The van der Waals surface area contributed by atoms with Crippen molar-refractivity contribution < 1.29 is 17.9 Å². The lowest BCUT2D eigenvalue weighted by Gasteiger charge is -2.11. The van der Waals surface area contributed by atoms with Gasteiger partial charge in [-0.15, -0.1) is 0 Å². The Balaban J connectivity index is 0.000000201. The second kappa shape index (κ2) is 21.8. The van der Waals surface area contributed by atoms with Gasteiger partial charge in [0, 0.05) is 65.0 Å². The van der Waals surface area contributed by atoms with Gasteiger partial charge >= 0.3 is 0 Å². The van der Waals surface area contributed by atoms with Gasteiger partial charge in [-0.25, -0.2) is 8.42 Å². The standard InChI is InChI=1S/C5H5N.C5H10O2S.2C5H10O.C4H10N2/c1-2-4-6-5-3-1;6-8(7)4-2-1-3-5-8;2*1-2-4-6-5-3-1;1-2-6-4-3-5-1/h1-5H;1-5H2;2*1-5H2;5-6H,1-4H2. The summed E-state index contributed by atoms with van der Waals surface area (Å²) < 4.78 is 31.4. The van der Waals surface area contributed by atoms with Crippen molar-refractivity contribution in [1.82, 2.24) is 15.6 Å². The molecule has 5 heterocycles. The zero-order valence-corrected chi connectivity index (χ0v) is 20.6. The highest BCUT2D eigenvalue weighted by Gasteiger charge is 2.14. The zero-order valence-electron chi connectivity index (χ0n) is 19.8. The van der Waals surface area contributed by atoms with Crippen LogP contribution in [0.15, 0.2) is 30.6 Å². The van der Waals surface area contributed by atoms with Crippen LogP contribution in [0.1, 0.15) is 57.8 Å². The average molecular weight is 472 g/mol. The SMILES string of the molecule is C1CCOCC1.C1CCOCC1.C1CNCCN1.O=S1(=O)CCCCC1.c1ccncc1. The molecule has 7 nitrogen and oxygen atoms in total. The van der Waals surface area contributed by atoms with Gasteiger partial charge in [0.15, 0.2) is 0 Å². The molecule has 0 atom stereocenters. The van der Waals surface area contributed by atoms with Crippen molar-refractivity contribution in [2.24, 2.45) is 0 Å². The molecule has 0 radical (unpaired) electrons. The Morgan fingerprint density at radius 2 is 0.969 bits per heavy atom. The van der Waals surface area contributed by atoms with Crippen LogP contribution in [0.5, 0.6) is 0 Å². The van der Waals surface area contributed by atoms with E-state index in [0.29, 0.717) is 11.5 Å². The number of nitrogens with one attached hydrogen (secondary N) is 2. The predicted molar refractivity (Wildman–Crippen MR) is 132 cm³/mol. The van der Waals surface area contributed by atoms with Crippen molar-refractivity contribution in [3.8, 4) is 0 Å². The van der Waals surface area contributed by atoms with Gasteiger partial charge in [-0.1, -0.05) is 12.5 Å². The summed E-state index contributed by atoms with van der Waals surface area (Å²) in [5.74, 6) is 0.847. The highest BCUT2D eigenvalue weighted by Crippen LogP contribution is 2.09. The summed E-state index contributed by atoms with van der Waals surface area (Å²) in [6.07, 6.45) is 14.2. The number of sulfone groups is 1. The molecule has 4 aliphatic heterocycles. The fraction of sp³-hybridized carbons (Fsp3) is 0.792. The highest BCUT2D eigenvalue weighted by molar-refractivity contribution is 7.91. The Hall–Kier alpha value is -1.06. The molecule has 1 aromatic rings. The first-order chi connectivity index (χ1) is 15.7. The molecule has 4 saturated heterocycles. The minimum absolute atomic E-state index is 0.424. The van der Waals surface area contributed by atoms with Crippen molar-refractivity contribution in [1.29, 1.82) is 0 Å². The number of ether oxygens (including phenoxy) is 2. The molecule has 4 fully saturated rings. The lowest BCUT2D eigenvalue weighted by atomic mass is 10.2. The third kappa shape index (κ3) is 20.8. The third-order valence-electron chi connectivity index (χ3n) is 5.09. The Morgan fingerprint density at radius 1 is 0.562 bits per heavy atom. The molecule has 0 aliphatic carbocycles. The van der Waals surface area contributed by atoms with Crippen molar-refractivity contribution in [3.05, 3.63) is 30.6 Å². The van der Waals surface area contributed by atoms with E-state index in [9.17, 15) is 8.42 Å². The molecule has 0 aromatic carbocycles. The molecular weight excluding hydrogens is 426 g/mol. The maximum absolute atomic E-state index is 10.7. The lowest BCUT2D eigenvalue weighted by molar-refractivity contribution is 0.0967. The van der Waals surface area contributed by atoms with Crippen molar-refractivity contribution >= 4 is 9.84 Å². The van der Waals surface area contributed by atoms with E-state index < -0.39 is 9.84 Å². The van der Waals surface area contributed by atoms with Crippen LogP contribution < -0.4 is 10.6 Å². The van der Waals surface area contributed by atoms with E-state index in [0.717, 1.165) is 71.9 Å². The minimum atomic E-state index is -2.58. The van der Waals surface area contributed by atoms with Gasteiger partial charge < -0.3 is 20.1 Å². The molecule has 186 valence electrons. The summed E-state index contributed by atoms with van der Waals surface area (Å²) in [6, 6.07) is 5.72. The topological polar surface area (TPSA) is 89.5 Å². The van der Waals surface area contributed by atoms with Gasteiger partial charge in [0.1, 0.15) is 9.84 Å². The van der Waals surface area contributed by atoms with Crippen molar-refractivity contribution in [3.63, 3.8) is 0 Å². The van der Waals surface area contributed by atoms with Crippen LogP contribution in [0.25, 0.3) is 0 Å². The van der Waals surface area contributed by atoms with Crippen molar-refractivity contribution in [2.45, 2.75) is 57.8 Å². The summed E-state index contributed by atoms with van der Waals surface area (Å²) in [4.78, 5) is 3.78. The maximum Gasteiger partial charge on any atom is 0.150 e. The normalized spacial score (nSPS) is 21.9. The van der Waals surface area contributed by atoms with Crippen LogP contribution in [0.2, 0.25) is 0 Å². The number of nitrogens with zero attached hydrogens (tertiary/aromatic N) is 1. The first-order valence-electron chi connectivity index (χ1n) is 12.3. The lowest BCUT2D eigenvalue weighted by Crippen LogP contribution is -2.39. The van der Waals surface area contributed by atoms with Gasteiger partial charge in [-0.2, -0.15) is 0 Å². The average Bonchev–Trinajstić information content (AvgIpc) is 2.90. The molecule has 0 amide bonds. The Kier molecular flexibility index (Phi) is 19.7. The first-order valence-corrected chi connectivity index (χ1v) is 14.2. The second-order valence-electron chi connectivity index (χ2n) is 8.08. The van der Waals surface area contributed by atoms with Gasteiger partial charge in [0.25, 0.3) is 0 Å². The molecule has 2 N–H and O–H groups in total. The molecule has 4 aliphatic rings. The Morgan fingerprint density at radius 3 is 1.12 bits per heavy atom. The summed E-state index contributed by atoms with van der Waals surface area (Å²) >= 11 is 0. The molecule has 8 heteroatoms. The summed E-state index contributed by atoms with van der Waals surface area (Å²) in [7, 11) is -2.58. The fourth-order valence-electron chi connectivity index (χ4n) is 3.21. The smallest absolute Gasteiger partial charge is 0.150 e. The molecular formula is C24H45N3O4S. The monoisotopic (exact) mass is 471 g/mol.